The van der Waals surface area contributed by atoms with Gasteiger partial charge in [0.2, 0.25) is 5.91 Å². The fourth-order valence-electron chi connectivity index (χ4n) is 1.57. The molecule has 0 aliphatic carbocycles. The molecule has 0 fully saturated rings. The minimum absolute atomic E-state index is 0.0250. The predicted octanol–water partition coefficient (Wildman–Crippen LogP) is 0.634. The van der Waals surface area contributed by atoms with E-state index in [1.54, 1.807) is 0 Å². The summed E-state index contributed by atoms with van der Waals surface area (Å²) < 4.78 is 5.49. The Hall–Kier alpha value is -2.08. The molecule has 0 spiro atoms. The van der Waals surface area contributed by atoms with Crippen molar-refractivity contribution in [3.63, 3.8) is 0 Å². The number of benzene rings is 1. The van der Waals surface area contributed by atoms with E-state index in [4.69, 9.17) is 14.9 Å². The monoisotopic (exact) mass is 281 g/mol. The Morgan fingerprint density at radius 1 is 1.35 bits per heavy atom. The number of aliphatic carboxylic acids is 1. The van der Waals surface area contributed by atoms with Crippen LogP contribution in [0.15, 0.2) is 18.2 Å². The number of amides is 1. The van der Waals surface area contributed by atoms with Gasteiger partial charge in [-0.15, -0.1) is 0 Å². The number of carboxylic acid groups (broad SMARTS) is 1. The van der Waals surface area contributed by atoms with E-state index < -0.39 is 24.5 Å². The van der Waals surface area contributed by atoms with Crippen molar-refractivity contribution in [3.05, 3.63) is 29.3 Å². The van der Waals surface area contributed by atoms with E-state index >= 15 is 0 Å². The maximum Gasteiger partial charge on any atom is 0.328 e. The molecule has 0 aliphatic rings. The molecular weight excluding hydrogens is 262 g/mol. The predicted molar refractivity (Wildman–Crippen MR) is 72.7 cm³/mol. The molecule has 20 heavy (non-hydrogen) atoms. The largest absolute Gasteiger partial charge is 0.493 e. The topological polar surface area (TPSA) is 95.9 Å². The number of hydrogen-bond acceptors (Lipinski definition) is 4. The number of carboxylic acids is 1. The molecule has 0 radical (unpaired) electrons. The summed E-state index contributed by atoms with van der Waals surface area (Å²) in [6, 6.07) is 4.49. The highest BCUT2D eigenvalue weighted by Crippen LogP contribution is 2.19. The summed E-state index contributed by atoms with van der Waals surface area (Å²) in [7, 11) is 0. The van der Waals surface area contributed by atoms with Gasteiger partial charge >= 0.3 is 5.97 Å². The van der Waals surface area contributed by atoms with E-state index in [0.29, 0.717) is 5.75 Å². The first-order valence-corrected chi connectivity index (χ1v) is 6.27. The van der Waals surface area contributed by atoms with Crippen molar-refractivity contribution in [1.82, 2.24) is 5.32 Å². The number of nitrogens with one attached hydrogen (secondary N) is 1. The van der Waals surface area contributed by atoms with E-state index in [0.717, 1.165) is 11.1 Å². The van der Waals surface area contributed by atoms with Crippen LogP contribution in [-0.4, -0.2) is 41.3 Å². The van der Waals surface area contributed by atoms with Crippen molar-refractivity contribution >= 4 is 11.9 Å². The first kappa shape index (κ1) is 16.0. The molecule has 3 N–H and O–H groups in total. The van der Waals surface area contributed by atoms with Gasteiger partial charge < -0.3 is 20.3 Å². The van der Waals surface area contributed by atoms with Crippen LogP contribution in [0.1, 0.15) is 17.5 Å². The number of hydrogen-bond donors (Lipinski definition) is 3. The number of carbonyl (C=O) groups excluding carboxylic acids is 1. The van der Waals surface area contributed by atoms with Crippen LogP contribution in [0.25, 0.3) is 0 Å². The van der Waals surface area contributed by atoms with Crippen LogP contribution in [0, 0.1) is 13.8 Å². The van der Waals surface area contributed by atoms with Gasteiger partial charge in [0.1, 0.15) is 11.8 Å². The van der Waals surface area contributed by atoms with Gasteiger partial charge in [-0.1, -0.05) is 12.1 Å². The third-order valence-corrected chi connectivity index (χ3v) is 2.75. The first-order chi connectivity index (χ1) is 9.43. The van der Waals surface area contributed by atoms with Gasteiger partial charge in [-0.2, -0.15) is 0 Å². The standard InChI is InChI=1S/C14H19NO5/c1-9-3-4-10(2)12(7-9)20-6-5-13(17)15-11(8-16)14(18)19/h3-4,7,11,16H,5-6,8H2,1-2H3,(H,15,17)(H,18,19)/t11-/m1/s1. The normalized spacial score (nSPS) is 11.8. The minimum Gasteiger partial charge on any atom is -0.493 e. The highest BCUT2D eigenvalue weighted by molar-refractivity contribution is 5.83. The smallest absolute Gasteiger partial charge is 0.328 e. The third-order valence-electron chi connectivity index (χ3n) is 2.75. The number of aryl methyl sites for hydroxylation is 2. The molecule has 1 aromatic carbocycles. The molecule has 0 heterocycles. The Bertz CT molecular complexity index is 486. The van der Waals surface area contributed by atoms with Crippen LogP contribution in [0.3, 0.4) is 0 Å². The summed E-state index contributed by atoms with van der Waals surface area (Å²) in [6.07, 6.45) is 0.0250. The summed E-state index contributed by atoms with van der Waals surface area (Å²) in [4.78, 5) is 22.1. The minimum atomic E-state index is -1.27. The Morgan fingerprint density at radius 2 is 2.05 bits per heavy atom. The number of ether oxygens (including phenoxy) is 1. The van der Waals surface area contributed by atoms with Crippen LogP contribution >= 0.6 is 0 Å². The molecule has 1 atom stereocenters. The zero-order valence-electron chi connectivity index (χ0n) is 11.5. The van der Waals surface area contributed by atoms with Crippen LogP contribution in [0.4, 0.5) is 0 Å². The van der Waals surface area contributed by atoms with Gasteiger partial charge in [-0.3, -0.25) is 4.79 Å². The molecule has 0 saturated carbocycles. The second-order valence-corrected chi connectivity index (χ2v) is 4.51. The van der Waals surface area contributed by atoms with Crippen molar-refractivity contribution < 1.29 is 24.5 Å². The maximum absolute atomic E-state index is 11.5. The summed E-state index contributed by atoms with van der Waals surface area (Å²) in [6.45, 7) is 3.35. The molecule has 1 amide bonds. The van der Waals surface area contributed by atoms with Crippen LogP contribution in [0.5, 0.6) is 5.75 Å². The van der Waals surface area contributed by atoms with Crippen LogP contribution in [0.2, 0.25) is 0 Å². The molecule has 0 aliphatic heterocycles. The Labute approximate surface area is 117 Å². The van der Waals surface area contributed by atoms with Gasteiger partial charge in [-0.05, 0) is 31.0 Å². The van der Waals surface area contributed by atoms with Crippen molar-refractivity contribution in [3.8, 4) is 5.75 Å². The van der Waals surface area contributed by atoms with Crippen LogP contribution in [-0.2, 0) is 9.59 Å². The average Bonchev–Trinajstić information content (AvgIpc) is 2.39. The van der Waals surface area contributed by atoms with Crippen molar-refractivity contribution in [1.29, 1.82) is 0 Å². The molecule has 0 aromatic heterocycles. The highest BCUT2D eigenvalue weighted by Gasteiger charge is 2.18. The lowest BCUT2D eigenvalue weighted by Crippen LogP contribution is -2.43. The van der Waals surface area contributed by atoms with E-state index in [2.05, 4.69) is 5.32 Å². The lowest BCUT2D eigenvalue weighted by Gasteiger charge is -2.13. The lowest BCUT2D eigenvalue weighted by atomic mass is 10.1. The van der Waals surface area contributed by atoms with E-state index in [1.807, 2.05) is 32.0 Å². The zero-order valence-corrected chi connectivity index (χ0v) is 11.5. The summed E-state index contributed by atoms with van der Waals surface area (Å²) in [5.41, 5.74) is 2.02. The first-order valence-electron chi connectivity index (χ1n) is 6.27. The second kappa shape index (κ2) is 7.49. The number of aliphatic hydroxyl groups is 1. The van der Waals surface area contributed by atoms with Gasteiger partial charge in [0.15, 0.2) is 0 Å². The molecule has 110 valence electrons. The number of rotatable bonds is 7. The van der Waals surface area contributed by atoms with Gasteiger partial charge in [0.25, 0.3) is 0 Å². The highest BCUT2D eigenvalue weighted by atomic mass is 16.5. The molecule has 1 rings (SSSR count). The summed E-state index contributed by atoms with van der Waals surface area (Å²) >= 11 is 0. The molecular formula is C14H19NO5. The molecule has 0 saturated heterocycles. The molecule has 6 nitrogen and oxygen atoms in total. The quantitative estimate of drug-likeness (QED) is 0.681. The zero-order chi connectivity index (χ0) is 15.1. The number of carbonyl (C=O) groups is 2. The molecule has 1 aromatic rings. The fraction of sp³-hybridized carbons (Fsp3) is 0.429. The van der Waals surface area contributed by atoms with E-state index in [-0.39, 0.29) is 13.0 Å². The van der Waals surface area contributed by atoms with E-state index in [1.165, 1.54) is 0 Å². The maximum atomic E-state index is 11.5. The van der Waals surface area contributed by atoms with Gasteiger partial charge in [0, 0.05) is 0 Å². The van der Waals surface area contributed by atoms with Gasteiger partial charge in [0.05, 0.1) is 19.6 Å². The van der Waals surface area contributed by atoms with Crippen molar-refractivity contribution in [2.24, 2.45) is 0 Å². The van der Waals surface area contributed by atoms with Gasteiger partial charge in [-0.25, -0.2) is 4.79 Å². The average molecular weight is 281 g/mol. The van der Waals surface area contributed by atoms with Crippen molar-refractivity contribution in [2.75, 3.05) is 13.2 Å². The van der Waals surface area contributed by atoms with Crippen LogP contribution < -0.4 is 10.1 Å². The SMILES string of the molecule is Cc1ccc(C)c(OCCC(=O)N[C@H](CO)C(=O)O)c1. The fourth-order valence-corrected chi connectivity index (χ4v) is 1.57. The molecule has 0 unspecified atom stereocenters. The summed E-state index contributed by atoms with van der Waals surface area (Å²) in [5.74, 6) is -1.04. The molecule has 6 heteroatoms. The molecule has 0 bridgehead atoms. The Morgan fingerprint density at radius 3 is 2.65 bits per heavy atom. The van der Waals surface area contributed by atoms with E-state index in [9.17, 15) is 9.59 Å². The Kier molecular flexibility index (Phi) is 5.99. The second-order valence-electron chi connectivity index (χ2n) is 4.51. The lowest BCUT2D eigenvalue weighted by molar-refractivity contribution is -0.143. The Balaban J connectivity index is 2.42. The summed E-state index contributed by atoms with van der Waals surface area (Å²) in [5, 5.41) is 19.7. The number of aliphatic hydroxyl groups excluding tert-OH is 1. The third kappa shape index (κ3) is 4.89. The van der Waals surface area contributed by atoms with Crippen molar-refractivity contribution in [2.45, 2.75) is 26.3 Å².